The normalized spacial score (nSPS) is 11.4. The van der Waals surface area contributed by atoms with Crippen molar-refractivity contribution < 1.29 is 4.79 Å². The summed E-state index contributed by atoms with van der Waals surface area (Å²) >= 11 is 0. The number of hydrogen-bond acceptors (Lipinski definition) is 5. The molecule has 6 heteroatoms. The smallest absolute Gasteiger partial charge is 0.274 e. The van der Waals surface area contributed by atoms with E-state index in [2.05, 4.69) is 15.3 Å². The van der Waals surface area contributed by atoms with Crippen molar-refractivity contribution in [3.05, 3.63) is 18.1 Å². The van der Waals surface area contributed by atoms with Gasteiger partial charge in [0.2, 0.25) is 0 Å². The molecule has 0 bridgehead atoms. The molecule has 0 radical (unpaired) electrons. The molecule has 72 valence electrons. The number of hydrogen-bond donors (Lipinski definition) is 2. The molecule has 1 atom stereocenters. The van der Waals surface area contributed by atoms with E-state index < -0.39 is 11.9 Å². The molecule has 3 N–H and O–H groups in total. The first kappa shape index (κ1) is 9.92. The zero-order valence-electron chi connectivity index (χ0n) is 7.56. The van der Waals surface area contributed by atoms with Crippen molar-refractivity contribution in [2.45, 2.75) is 13.0 Å². The molecule has 1 unspecified atom stereocenters. The average molecular weight is 191 g/mol. The minimum absolute atomic E-state index is 0.0367. The van der Waals surface area contributed by atoms with Gasteiger partial charge in [-0.25, -0.2) is 9.97 Å². The zero-order valence-corrected chi connectivity index (χ0v) is 7.56. The molecule has 1 aromatic heterocycles. The number of amides is 1. The number of nitrogen functional groups attached to an aromatic ring is 1. The van der Waals surface area contributed by atoms with E-state index >= 15 is 0 Å². The fourth-order valence-electron chi connectivity index (χ4n) is 0.821. The summed E-state index contributed by atoms with van der Waals surface area (Å²) in [5, 5.41) is 10.9. The van der Waals surface area contributed by atoms with Gasteiger partial charge in [0.05, 0.1) is 6.07 Å². The second kappa shape index (κ2) is 4.18. The molecular formula is C8H9N5O. The van der Waals surface area contributed by atoms with Gasteiger partial charge in [-0.2, -0.15) is 5.26 Å². The highest BCUT2D eigenvalue weighted by Gasteiger charge is 2.13. The zero-order chi connectivity index (χ0) is 10.6. The minimum Gasteiger partial charge on any atom is -0.382 e. The third kappa shape index (κ3) is 2.17. The van der Waals surface area contributed by atoms with Gasteiger partial charge in [-0.15, -0.1) is 0 Å². The molecule has 1 rings (SSSR count). The Morgan fingerprint density at radius 3 is 2.86 bits per heavy atom. The van der Waals surface area contributed by atoms with Crippen LogP contribution in [-0.2, 0) is 0 Å². The van der Waals surface area contributed by atoms with Gasteiger partial charge < -0.3 is 11.1 Å². The summed E-state index contributed by atoms with van der Waals surface area (Å²) in [7, 11) is 0. The monoisotopic (exact) mass is 191 g/mol. The fourth-order valence-corrected chi connectivity index (χ4v) is 0.821. The van der Waals surface area contributed by atoms with Crippen molar-refractivity contribution in [1.82, 2.24) is 15.3 Å². The van der Waals surface area contributed by atoms with E-state index in [1.807, 2.05) is 6.07 Å². The first-order chi connectivity index (χ1) is 6.65. The summed E-state index contributed by atoms with van der Waals surface area (Å²) in [6.45, 7) is 1.56. The lowest BCUT2D eigenvalue weighted by atomic mass is 10.3. The fraction of sp³-hybridized carbons (Fsp3) is 0.250. The molecule has 0 saturated heterocycles. The van der Waals surface area contributed by atoms with Gasteiger partial charge in [0, 0.05) is 12.4 Å². The van der Waals surface area contributed by atoms with Crippen molar-refractivity contribution in [2.75, 3.05) is 5.73 Å². The molecular weight excluding hydrogens is 182 g/mol. The van der Waals surface area contributed by atoms with E-state index in [9.17, 15) is 4.79 Å². The Hall–Kier alpha value is -2.16. The van der Waals surface area contributed by atoms with Crippen LogP contribution < -0.4 is 11.1 Å². The summed E-state index contributed by atoms with van der Waals surface area (Å²) in [5.41, 5.74) is 5.46. The Balaban J connectivity index is 2.81. The molecule has 0 spiro atoms. The lowest BCUT2D eigenvalue weighted by Crippen LogP contribution is -2.32. The second-order valence-electron chi connectivity index (χ2n) is 2.61. The summed E-state index contributed by atoms with van der Waals surface area (Å²) in [6.07, 6.45) is 2.75. The van der Waals surface area contributed by atoms with Crippen molar-refractivity contribution in [2.24, 2.45) is 0 Å². The Bertz CT molecular complexity index is 384. The maximum absolute atomic E-state index is 11.4. The van der Waals surface area contributed by atoms with Crippen molar-refractivity contribution in [3.63, 3.8) is 0 Å². The van der Waals surface area contributed by atoms with Gasteiger partial charge in [0.1, 0.15) is 6.04 Å². The SMILES string of the molecule is CC(C#N)NC(=O)c1nccnc1N. The largest absolute Gasteiger partial charge is 0.382 e. The Morgan fingerprint density at radius 1 is 1.64 bits per heavy atom. The van der Waals surface area contributed by atoms with Crippen LogP contribution in [0.4, 0.5) is 5.82 Å². The van der Waals surface area contributed by atoms with Crippen molar-refractivity contribution in [3.8, 4) is 6.07 Å². The van der Waals surface area contributed by atoms with Crippen LogP contribution in [0.1, 0.15) is 17.4 Å². The number of carbonyl (C=O) groups is 1. The summed E-state index contributed by atoms with van der Waals surface area (Å²) in [6, 6.07) is 1.28. The molecule has 1 heterocycles. The Kier molecular flexibility index (Phi) is 2.97. The first-order valence-corrected chi connectivity index (χ1v) is 3.92. The standard InChI is InChI=1S/C8H9N5O/c1-5(4-9)13-8(14)6-7(10)12-3-2-11-6/h2-3,5H,1H3,(H2,10,12)(H,13,14). The maximum atomic E-state index is 11.4. The second-order valence-corrected chi connectivity index (χ2v) is 2.61. The summed E-state index contributed by atoms with van der Waals surface area (Å²) in [4.78, 5) is 18.9. The number of nitrogens with one attached hydrogen (secondary N) is 1. The number of anilines is 1. The Labute approximate surface area is 80.8 Å². The average Bonchev–Trinajstić information content (AvgIpc) is 2.18. The van der Waals surface area contributed by atoms with E-state index in [0.717, 1.165) is 0 Å². The van der Waals surface area contributed by atoms with Crippen LogP contribution in [0.5, 0.6) is 0 Å². The predicted molar refractivity (Wildman–Crippen MR) is 49.0 cm³/mol. The number of nitrogens with two attached hydrogens (primary N) is 1. The molecule has 6 nitrogen and oxygen atoms in total. The van der Waals surface area contributed by atoms with E-state index in [1.165, 1.54) is 12.4 Å². The van der Waals surface area contributed by atoms with Gasteiger partial charge >= 0.3 is 0 Å². The lowest BCUT2D eigenvalue weighted by Gasteiger charge is -2.06. The predicted octanol–water partition coefficient (Wildman–Crippen LogP) is -0.299. The van der Waals surface area contributed by atoms with Gasteiger partial charge in [0.25, 0.3) is 5.91 Å². The summed E-state index contributed by atoms with van der Waals surface area (Å²) in [5.74, 6) is -0.445. The topological polar surface area (TPSA) is 105 Å². The van der Waals surface area contributed by atoms with Crippen LogP contribution in [0.3, 0.4) is 0 Å². The van der Waals surface area contributed by atoms with Gasteiger partial charge in [-0.05, 0) is 6.92 Å². The molecule has 0 aliphatic rings. The van der Waals surface area contributed by atoms with Crippen LogP contribution in [-0.4, -0.2) is 21.9 Å². The molecule has 1 aromatic rings. The number of nitriles is 1. The van der Waals surface area contributed by atoms with Gasteiger partial charge in [-0.3, -0.25) is 4.79 Å². The highest BCUT2D eigenvalue weighted by Crippen LogP contribution is 2.02. The minimum atomic E-state index is -0.580. The summed E-state index contributed by atoms with van der Waals surface area (Å²) < 4.78 is 0. The Morgan fingerprint density at radius 2 is 2.29 bits per heavy atom. The van der Waals surface area contributed by atoms with Crippen LogP contribution in [0.2, 0.25) is 0 Å². The lowest BCUT2D eigenvalue weighted by molar-refractivity contribution is 0.0943. The molecule has 14 heavy (non-hydrogen) atoms. The van der Waals surface area contributed by atoms with Crippen molar-refractivity contribution >= 4 is 11.7 Å². The van der Waals surface area contributed by atoms with Gasteiger partial charge in [-0.1, -0.05) is 0 Å². The third-order valence-electron chi connectivity index (χ3n) is 1.48. The van der Waals surface area contributed by atoms with E-state index in [1.54, 1.807) is 6.92 Å². The third-order valence-corrected chi connectivity index (χ3v) is 1.48. The van der Waals surface area contributed by atoms with Gasteiger partial charge in [0.15, 0.2) is 11.5 Å². The number of rotatable bonds is 2. The van der Waals surface area contributed by atoms with E-state index in [0.29, 0.717) is 0 Å². The molecule has 0 aliphatic carbocycles. The molecule has 0 aromatic carbocycles. The van der Waals surface area contributed by atoms with E-state index in [4.69, 9.17) is 11.0 Å². The number of nitrogens with zero attached hydrogens (tertiary/aromatic N) is 3. The maximum Gasteiger partial charge on any atom is 0.274 e. The van der Waals surface area contributed by atoms with Crippen LogP contribution in [0.25, 0.3) is 0 Å². The molecule has 0 aliphatic heterocycles. The van der Waals surface area contributed by atoms with Crippen molar-refractivity contribution in [1.29, 1.82) is 5.26 Å². The molecule has 0 fully saturated rings. The van der Waals surface area contributed by atoms with Crippen LogP contribution >= 0.6 is 0 Å². The first-order valence-electron chi connectivity index (χ1n) is 3.92. The van der Waals surface area contributed by atoms with E-state index in [-0.39, 0.29) is 11.5 Å². The molecule has 0 saturated carbocycles. The highest BCUT2D eigenvalue weighted by atomic mass is 16.2. The highest BCUT2D eigenvalue weighted by molar-refractivity contribution is 5.96. The molecule has 1 amide bonds. The van der Waals surface area contributed by atoms with Crippen LogP contribution in [0.15, 0.2) is 12.4 Å². The number of carbonyl (C=O) groups excluding carboxylic acids is 1. The number of aromatic nitrogens is 2. The van der Waals surface area contributed by atoms with Crippen LogP contribution in [0, 0.1) is 11.3 Å². The quantitative estimate of drug-likeness (QED) is 0.667.